The number of phenolic OH excluding ortho intramolecular Hbond substituents is 2. The summed E-state index contributed by atoms with van der Waals surface area (Å²) >= 11 is 0. The van der Waals surface area contributed by atoms with Crippen molar-refractivity contribution in [2.75, 3.05) is 6.54 Å². The first kappa shape index (κ1) is 11.9. The Kier molecular flexibility index (Phi) is 4.98. The van der Waals surface area contributed by atoms with E-state index < -0.39 is 0 Å². The van der Waals surface area contributed by atoms with Gasteiger partial charge in [-0.3, -0.25) is 0 Å². The second-order valence-electron chi connectivity index (χ2n) is 3.78. The van der Waals surface area contributed by atoms with E-state index in [0.29, 0.717) is 0 Å². The predicted molar refractivity (Wildman–Crippen MR) is 61.0 cm³/mol. The van der Waals surface area contributed by atoms with E-state index >= 15 is 0 Å². The SMILES string of the molecule is NCCCCCCc1ccc(O)c(O)c1. The third-order valence-electron chi connectivity index (χ3n) is 2.46. The molecule has 0 aliphatic heterocycles. The summed E-state index contributed by atoms with van der Waals surface area (Å²) in [5, 5.41) is 18.4. The van der Waals surface area contributed by atoms with Crippen molar-refractivity contribution in [3.8, 4) is 11.5 Å². The molecule has 1 aromatic rings. The molecule has 0 aromatic heterocycles. The highest BCUT2D eigenvalue weighted by Crippen LogP contribution is 2.25. The minimum atomic E-state index is -0.0538. The van der Waals surface area contributed by atoms with E-state index in [0.717, 1.165) is 31.4 Å². The number of aryl methyl sites for hydroxylation is 1. The molecule has 0 bridgehead atoms. The summed E-state index contributed by atoms with van der Waals surface area (Å²) in [6, 6.07) is 5.00. The Bertz CT molecular complexity index is 300. The molecule has 1 rings (SSSR count). The fraction of sp³-hybridized carbons (Fsp3) is 0.500. The van der Waals surface area contributed by atoms with Gasteiger partial charge in [-0.15, -0.1) is 0 Å². The van der Waals surface area contributed by atoms with Crippen molar-refractivity contribution in [3.05, 3.63) is 23.8 Å². The molecule has 15 heavy (non-hydrogen) atoms. The second-order valence-corrected chi connectivity index (χ2v) is 3.78. The van der Waals surface area contributed by atoms with E-state index in [-0.39, 0.29) is 11.5 Å². The molecular formula is C12H19NO2. The van der Waals surface area contributed by atoms with Crippen molar-refractivity contribution in [1.82, 2.24) is 0 Å². The van der Waals surface area contributed by atoms with Gasteiger partial charge in [-0.1, -0.05) is 18.9 Å². The topological polar surface area (TPSA) is 66.5 Å². The summed E-state index contributed by atoms with van der Waals surface area (Å²) in [5.74, 6) is -0.0867. The third kappa shape index (κ3) is 4.21. The monoisotopic (exact) mass is 209 g/mol. The fourth-order valence-electron chi connectivity index (χ4n) is 1.55. The zero-order valence-corrected chi connectivity index (χ0v) is 8.95. The minimum Gasteiger partial charge on any atom is -0.504 e. The molecule has 0 atom stereocenters. The van der Waals surface area contributed by atoms with Gasteiger partial charge in [-0.05, 0) is 43.5 Å². The first-order valence-electron chi connectivity index (χ1n) is 5.45. The number of hydrogen-bond acceptors (Lipinski definition) is 3. The molecular weight excluding hydrogens is 190 g/mol. The van der Waals surface area contributed by atoms with Gasteiger partial charge < -0.3 is 15.9 Å². The van der Waals surface area contributed by atoms with Crippen molar-refractivity contribution >= 4 is 0 Å². The summed E-state index contributed by atoms with van der Waals surface area (Å²) in [4.78, 5) is 0. The summed E-state index contributed by atoms with van der Waals surface area (Å²) < 4.78 is 0. The lowest BCUT2D eigenvalue weighted by Gasteiger charge is -2.03. The van der Waals surface area contributed by atoms with Gasteiger partial charge in [0.05, 0.1) is 0 Å². The van der Waals surface area contributed by atoms with E-state index in [4.69, 9.17) is 10.8 Å². The van der Waals surface area contributed by atoms with Crippen LogP contribution in [-0.2, 0) is 6.42 Å². The highest BCUT2D eigenvalue weighted by Gasteiger charge is 2.00. The molecule has 0 saturated heterocycles. The third-order valence-corrected chi connectivity index (χ3v) is 2.46. The Hall–Kier alpha value is -1.22. The van der Waals surface area contributed by atoms with Crippen molar-refractivity contribution in [1.29, 1.82) is 0 Å². The lowest BCUT2D eigenvalue weighted by molar-refractivity contribution is 0.403. The highest BCUT2D eigenvalue weighted by molar-refractivity contribution is 5.40. The van der Waals surface area contributed by atoms with Crippen LogP contribution in [-0.4, -0.2) is 16.8 Å². The molecule has 1 aromatic carbocycles. The molecule has 0 unspecified atom stereocenters. The lowest BCUT2D eigenvalue weighted by Crippen LogP contribution is -1.97. The number of rotatable bonds is 6. The first-order valence-corrected chi connectivity index (χ1v) is 5.45. The molecule has 0 aliphatic carbocycles. The summed E-state index contributed by atoms with van der Waals surface area (Å²) in [6.45, 7) is 0.764. The average molecular weight is 209 g/mol. The standard InChI is InChI=1S/C12H19NO2/c13-8-4-2-1-3-5-10-6-7-11(14)12(15)9-10/h6-7,9,14-15H,1-5,8,13H2. The molecule has 0 spiro atoms. The van der Waals surface area contributed by atoms with Crippen molar-refractivity contribution in [2.24, 2.45) is 5.73 Å². The van der Waals surface area contributed by atoms with Gasteiger partial charge in [-0.25, -0.2) is 0 Å². The highest BCUT2D eigenvalue weighted by atomic mass is 16.3. The quantitative estimate of drug-likeness (QED) is 0.497. The Balaban J connectivity index is 2.28. The molecule has 0 saturated carbocycles. The fourth-order valence-corrected chi connectivity index (χ4v) is 1.55. The molecule has 4 N–H and O–H groups in total. The average Bonchev–Trinajstić information content (AvgIpc) is 2.23. The lowest BCUT2D eigenvalue weighted by atomic mass is 10.1. The van der Waals surface area contributed by atoms with Crippen LogP contribution in [0.3, 0.4) is 0 Å². The van der Waals surface area contributed by atoms with Crippen molar-refractivity contribution in [3.63, 3.8) is 0 Å². The van der Waals surface area contributed by atoms with Gasteiger partial charge in [-0.2, -0.15) is 0 Å². The van der Waals surface area contributed by atoms with E-state index in [9.17, 15) is 5.11 Å². The van der Waals surface area contributed by atoms with Crippen LogP contribution in [0.25, 0.3) is 0 Å². The van der Waals surface area contributed by atoms with Crippen LogP contribution < -0.4 is 5.73 Å². The van der Waals surface area contributed by atoms with Gasteiger partial charge in [0.2, 0.25) is 0 Å². The van der Waals surface area contributed by atoms with Crippen LogP contribution in [0.1, 0.15) is 31.2 Å². The van der Waals surface area contributed by atoms with E-state index in [2.05, 4.69) is 0 Å². The number of phenols is 2. The predicted octanol–water partition coefficient (Wildman–Crippen LogP) is 2.16. The maximum Gasteiger partial charge on any atom is 0.157 e. The Morgan fingerprint density at radius 1 is 0.933 bits per heavy atom. The van der Waals surface area contributed by atoms with Gasteiger partial charge in [0, 0.05) is 0 Å². The Morgan fingerprint density at radius 3 is 2.33 bits per heavy atom. The summed E-state index contributed by atoms with van der Waals surface area (Å²) in [5.41, 5.74) is 6.47. The molecule has 0 aliphatic rings. The molecule has 0 fully saturated rings. The molecule has 0 amide bonds. The number of unbranched alkanes of at least 4 members (excludes halogenated alkanes) is 3. The van der Waals surface area contributed by atoms with Gasteiger partial charge in [0.1, 0.15) is 0 Å². The number of benzene rings is 1. The summed E-state index contributed by atoms with van der Waals surface area (Å²) in [7, 11) is 0. The van der Waals surface area contributed by atoms with Gasteiger partial charge in [0.15, 0.2) is 11.5 Å². The Labute approximate surface area is 90.5 Å². The van der Waals surface area contributed by atoms with Crippen molar-refractivity contribution in [2.45, 2.75) is 32.1 Å². The first-order chi connectivity index (χ1) is 7.24. The van der Waals surface area contributed by atoms with Crippen LogP contribution in [0.2, 0.25) is 0 Å². The van der Waals surface area contributed by atoms with Crippen LogP contribution in [0.15, 0.2) is 18.2 Å². The minimum absolute atomic E-state index is 0.0329. The van der Waals surface area contributed by atoms with Crippen molar-refractivity contribution < 1.29 is 10.2 Å². The number of hydrogen-bond donors (Lipinski definition) is 3. The molecule has 0 heterocycles. The molecule has 0 radical (unpaired) electrons. The molecule has 3 heteroatoms. The van der Waals surface area contributed by atoms with Crippen LogP contribution >= 0.6 is 0 Å². The maximum absolute atomic E-state index is 9.27. The van der Waals surface area contributed by atoms with E-state index in [1.807, 2.05) is 6.07 Å². The Morgan fingerprint density at radius 2 is 1.67 bits per heavy atom. The molecule has 84 valence electrons. The van der Waals surface area contributed by atoms with Crippen LogP contribution in [0, 0.1) is 0 Å². The number of aromatic hydroxyl groups is 2. The zero-order valence-electron chi connectivity index (χ0n) is 8.95. The van der Waals surface area contributed by atoms with Gasteiger partial charge >= 0.3 is 0 Å². The number of nitrogens with two attached hydrogens (primary N) is 1. The van der Waals surface area contributed by atoms with E-state index in [1.165, 1.54) is 18.9 Å². The van der Waals surface area contributed by atoms with Crippen LogP contribution in [0.4, 0.5) is 0 Å². The largest absolute Gasteiger partial charge is 0.504 e. The molecule has 3 nitrogen and oxygen atoms in total. The van der Waals surface area contributed by atoms with Gasteiger partial charge in [0.25, 0.3) is 0 Å². The van der Waals surface area contributed by atoms with Crippen LogP contribution in [0.5, 0.6) is 11.5 Å². The van der Waals surface area contributed by atoms with E-state index in [1.54, 1.807) is 6.07 Å². The smallest absolute Gasteiger partial charge is 0.157 e. The zero-order chi connectivity index (χ0) is 11.1. The summed E-state index contributed by atoms with van der Waals surface area (Å²) in [6.07, 6.45) is 5.46. The maximum atomic E-state index is 9.27. The normalized spacial score (nSPS) is 10.5. The second kappa shape index (κ2) is 6.30.